The van der Waals surface area contributed by atoms with Crippen molar-refractivity contribution in [1.82, 2.24) is 5.32 Å². The average molecular weight is 274 g/mol. The number of nitrogens with one attached hydrogen (secondary N) is 1. The normalized spacial score (nSPS) is 14.6. The Morgan fingerprint density at radius 2 is 2.20 bits per heavy atom. The van der Waals surface area contributed by atoms with Gasteiger partial charge in [-0.2, -0.15) is 0 Å². The topological polar surface area (TPSA) is 72.2 Å². The van der Waals surface area contributed by atoms with Gasteiger partial charge in [-0.05, 0) is 38.7 Å². The van der Waals surface area contributed by atoms with E-state index in [0.29, 0.717) is 17.7 Å². The number of benzene rings is 1. The first kappa shape index (κ1) is 14.2. The van der Waals surface area contributed by atoms with E-state index in [4.69, 9.17) is 0 Å². The number of hydrogen-bond donors (Lipinski definition) is 1. The average Bonchev–Trinajstić information content (AvgIpc) is 2.46. The number of nitrogens with zero attached hydrogens (tertiary/aromatic N) is 1. The van der Waals surface area contributed by atoms with Crippen molar-refractivity contribution < 1.29 is 9.72 Å². The highest BCUT2D eigenvalue weighted by atomic mass is 16.6. The van der Waals surface area contributed by atoms with Crippen LogP contribution in [-0.2, 0) is 0 Å². The number of amides is 1. The Kier molecular flexibility index (Phi) is 4.50. The van der Waals surface area contributed by atoms with Gasteiger partial charge < -0.3 is 5.32 Å². The molecule has 106 valence electrons. The molecular formula is C15H18N2O3. The van der Waals surface area contributed by atoms with Crippen molar-refractivity contribution in [2.45, 2.75) is 32.6 Å². The Labute approximate surface area is 117 Å². The van der Waals surface area contributed by atoms with Crippen molar-refractivity contribution in [1.29, 1.82) is 0 Å². The smallest absolute Gasteiger partial charge is 0.273 e. The number of nitro benzene ring substituents is 1. The van der Waals surface area contributed by atoms with Gasteiger partial charge in [0, 0.05) is 23.7 Å². The molecule has 1 aromatic carbocycles. The maximum Gasteiger partial charge on any atom is 0.273 e. The second-order valence-corrected chi connectivity index (χ2v) is 5.00. The van der Waals surface area contributed by atoms with E-state index in [1.807, 2.05) is 0 Å². The zero-order valence-corrected chi connectivity index (χ0v) is 11.5. The molecule has 0 heterocycles. The van der Waals surface area contributed by atoms with Gasteiger partial charge in [0.15, 0.2) is 0 Å². The highest BCUT2D eigenvalue weighted by Gasteiger charge is 2.17. The van der Waals surface area contributed by atoms with E-state index in [1.165, 1.54) is 18.1 Å². The number of carbonyl (C=O) groups excluding carboxylic acids is 1. The lowest BCUT2D eigenvalue weighted by Crippen LogP contribution is -2.26. The van der Waals surface area contributed by atoms with Crippen molar-refractivity contribution in [3.8, 4) is 0 Å². The fourth-order valence-corrected chi connectivity index (χ4v) is 2.42. The summed E-state index contributed by atoms with van der Waals surface area (Å²) in [6.07, 6.45) is 6.64. The van der Waals surface area contributed by atoms with Crippen LogP contribution in [0.15, 0.2) is 29.8 Å². The van der Waals surface area contributed by atoms with Gasteiger partial charge in [-0.25, -0.2) is 0 Å². The molecule has 5 heteroatoms. The van der Waals surface area contributed by atoms with Gasteiger partial charge in [0.25, 0.3) is 11.6 Å². The van der Waals surface area contributed by atoms with E-state index in [-0.39, 0.29) is 11.6 Å². The standard InChI is InChI=1S/C15H18N2O3/c1-11-13(8-5-9-14(11)17(19)20)15(18)16-10-12-6-3-2-4-7-12/h5-6,8-9H,2-4,7,10H2,1H3,(H,16,18). The van der Waals surface area contributed by atoms with Gasteiger partial charge in [0.05, 0.1) is 4.92 Å². The van der Waals surface area contributed by atoms with Crippen molar-refractivity contribution >= 4 is 11.6 Å². The molecule has 5 nitrogen and oxygen atoms in total. The lowest BCUT2D eigenvalue weighted by molar-refractivity contribution is -0.385. The minimum Gasteiger partial charge on any atom is -0.348 e. The lowest BCUT2D eigenvalue weighted by atomic mass is 9.99. The van der Waals surface area contributed by atoms with E-state index in [9.17, 15) is 14.9 Å². The molecule has 1 aliphatic carbocycles. The monoisotopic (exact) mass is 274 g/mol. The van der Waals surface area contributed by atoms with Gasteiger partial charge in [-0.3, -0.25) is 14.9 Å². The Hall–Kier alpha value is -2.17. The molecule has 0 fully saturated rings. The van der Waals surface area contributed by atoms with Crippen LogP contribution in [0.1, 0.15) is 41.6 Å². The number of hydrogen-bond acceptors (Lipinski definition) is 3. The molecule has 0 saturated carbocycles. The molecular weight excluding hydrogens is 256 g/mol. The van der Waals surface area contributed by atoms with Crippen LogP contribution in [0.25, 0.3) is 0 Å². The zero-order chi connectivity index (χ0) is 14.5. The number of carbonyl (C=O) groups is 1. The van der Waals surface area contributed by atoms with Gasteiger partial charge in [0.1, 0.15) is 0 Å². The molecule has 1 aliphatic rings. The van der Waals surface area contributed by atoms with E-state index in [1.54, 1.807) is 19.1 Å². The van der Waals surface area contributed by atoms with Crippen LogP contribution in [0, 0.1) is 17.0 Å². The van der Waals surface area contributed by atoms with Crippen molar-refractivity contribution in [2.75, 3.05) is 6.54 Å². The van der Waals surface area contributed by atoms with Crippen molar-refractivity contribution in [3.05, 3.63) is 51.1 Å². The molecule has 20 heavy (non-hydrogen) atoms. The van der Waals surface area contributed by atoms with Gasteiger partial charge >= 0.3 is 0 Å². The predicted octanol–water partition coefficient (Wildman–Crippen LogP) is 3.13. The molecule has 2 rings (SSSR count). The zero-order valence-electron chi connectivity index (χ0n) is 11.5. The first-order valence-corrected chi connectivity index (χ1v) is 6.79. The first-order valence-electron chi connectivity index (χ1n) is 6.79. The second-order valence-electron chi connectivity index (χ2n) is 5.00. The van der Waals surface area contributed by atoms with E-state index in [2.05, 4.69) is 11.4 Å². The largest absolute Gasteiger partial charge is 0.348 e. The molecule has 0 radical (unpaired) electrons. The summed E-state index contributed by atoms with van der Waals surface area (Å²) in [5, 5.41) is 13.7. The van der Waals surface area contributed by atoms with E-state index in [0.717, 1.165) is 19.3 Å². The van der Waals surface area contributed by atoms with Gasteiger partial charge in [0.2, 0.25) is 0 Å². The van der Waals surface area contributed by atoms with Crippen LogP contribution < -0.4 is 5.32 Å². The SMILES string of the molecule is Cc1c(C(=O)NCC2=CCCCC2)cccc1[N+](=O)[O-]. The number of allylic oxidation sites excluding steroid dienone is 1. The Morgan fingerprint density at radius 1 is 1.40 bits per heavy atom. The molecule has 1 N–H and O–H groups in total. The molecule has 1 aromatic rings. The summed E-state index contributed by atoms with van der Waals surface area (Å²) in [5.74, 6) is -0.252. The van der Waals surface area contributed by atoms with Crippen molar-refractivity contribution in [3.63, 3.8) is 0 Å². The van der Waals surface area contributed by atoms with Crippen LogP contribution in [0.4, 0.5) is 5.69 Å². The first-order chi connectivity index (χ1) is 9.59. The lowest BCUT2D eigenvalue weighted by Gasteiger charge is -2.14. The summed E-state index contributed by atoms with van der Waals surface area (Å²) in [5.41, 5.74) is 2.01. The Bertz CT molecular complexity index is 564. The van der Waals surface area contributed by atoms with Crippen molar-refractivity contribution in [2.24, 2.45) is 0 Å². The molecule has 0 aromatic heterocycles. The summed E-state index contributed by atoms with van der Waals surface area (Å²) in [6, 6.07) is 4.57. The fourth-order valence-electron chi connectivity index (χ4n) is 2.42. The highest BCUT2D eigenvalue weighted by molar-refractivity contribution is 5.96. The molecule has 0 aliphatic heterocycles. The third-order valence-electron chi connectivity index (χ3n) is 3.61. The quantitative estimate of drug-likeness (QED) is 0.521. The molecule has 0 unspecified atom stereocenters. The maximum absolute atomic E-state index is 12.1. The van der Waals surface area contributed by atoms with E-state index < -0.39 is 4.92 Å². The second kappa shape index (κ2) is 6.32. The fraction of sp³-hybridized carbons (Fsp3) is 0.400. The number of rotatable bonds is 4. The minimum atomic E-state index is -0.463. The van der Waals surface area contributed by atoms with Gasteiger partial charge in [-0.15, -0.1) is 0 Å². The predicted molar refractivity (Wildman–Crippen MR) is 76.7 cm³/mol. The summed E-state index contributed by atoms with van der Waals surface area (Å²) in [4.78, 5) is 22.5. The molecule has 0 saturated heterocycles. The van der Waals surface area contributed by atoms with E-state index >= 15 is 0 Å². The van der Waals surface area contributed by atoms with Gasteiger partial charge in [-0.1, -0.05) is 17.7 Å². The van der Waals surface area contributed by atoms with Crippen LogP contribution in [-0.4, -0.2) is 17.4 Å². The number of nitro groups is 1. The summed E-state index contributed by atoms with van der Waals surface area (Å²) in [6.45, 7) is 2.13. The molecule has 0 spiro atoms. The Balaban J connectivity index is 2.07. The summed E-state index contributed by atoms with van der Waals surface area (Å²) < 4.78 is 0. The highest BCUT2D eigenvalue weighted by Crippen LogP contribution is 2.21. The summed E-state index contributed by atoms with van der Waals surface area (Å²) >= 11 is 0. The third kappa shape index (κ3) is 3.23. The molecule has 1 amide bonds. The van der Waals surface area contributed by atoms with Crippen LogP contribution in [0.2, 0.25) is 0 Å². The molecule has 0 bridgehead atoms. The maximum atomic E-state index is 12.1. The Morgan fingerprint density at radius 3 is 2.85 bits per heavy atom. The minimum absolute atomic E-state index is 0.0190. The van der Waals surface area contributed by atoms with Crippen LogP contribution in [0.3, 0.4) is 0 Å². The third-order valence-corrected chi connectivity index (χ3v) is 3.61. The molecule has 0 atom stereocenters. The van der Waals surface area contributed by atoms with Crippen LogP contribution in [0.5, 0.6) is 0 Å². The summed E-state index contributed by atoms with van der Waals surface area (Å²) in [7, 11) is 0. The van der Waals surface area contributed by atoms with Crippen LogP contribution >= 0.6 is 0 Å².